The molecule has 0 radical (unpaired) electrons. The minimum absolute atomic E-state index is 0.149. The first-order chi connectivity index (χ1) is 19.7. The molecule has 1 aromatic heterocycles. The van der Waals surface area contributed by atoms with Gasteiger partial charge in [-0.25, -0.2) is 17.5 Å². The number of urea groups is 1. The number of hydrogen-bond donors (Lipinski definition) is 2. The molecular formula is C30H35ClN4O5S. The van der Waals surface area contributed by atoms with Gasteiger partial charge >= 0.3 is 6.03 Å². The maximum Gasteiger partial charge on any atom is 0.312 e. The standard InChI is InChI=1S/C30H35ClN4O5S/c1-35(17-5-4-15-34-29(32)36)41(37,38)23-10-11-27(31)21(18-23)20-39-30(13-14-30)26-19-33-16-12-24(26)25-6-2-3-7-28(25)40-22-8-9-22/h2-3,6-7,10-12,16,18-19,22H,4-5,8-9,13-15,17,20H2,1H3,(H3,32,34,36). The molecule has 0 bridgehead atoms. The van der Waals surface area contributed by atoms with Crippen LogP contribution < -0.4 is 15.8 Å². The number of unbranched alkanes of at least 4 members (excludes halogenated alkanes) is 1. The van der Waals surface area contributed by atoms with Crippen LogP contribution >= 0.6 is 11.6 Å². The Bertz CT molecular complexity index is 1510. The van der Waals surface area contributed by atoms with Gasteiger partial charge in [0.1, 0.15) is 5.75 Å². The van der Waals surface area contributed by atoms with E-state index in [-0.39, 0.29) is 17.6 Å². The number of carbonyl (C=O) groups is 1. The number of aromatic nitrogens is 1. The number of carbonyl (C=O) groups excluding carboxylic acids is 1. The molecule has 2 saturated carbocycles. The molecule has 2 aromatic carbocycles. The van der Waals surface area contributed by atoms with Crippen molar-refractivity contribution in [2.75, 3.05) is 20.1 Å². The summed E-state index contributed by atoms with van der Waals surface area (Å²) in [6.07, 6.45) is 8.87. The molecule has 11 heteroatoms. The van der Waals surface area contributed by atoms with E-state index in [0.717, 1.165) is 48.1 Å². The number of halogens is 1. The van der Waals surface area contributed by atoms with Gasteiger partial charge in [0.2, 0.25) is 10.0 Å². The number of amides is 2. The normalized spacial score (nSPS) is 16.0. The van der Waals surface area contributed by atoms with Crippen LogP contribution in [0.25, 0.3) is 11.1 Å². The van der Waals surface area contributed by atoms with Crippen molar-refractivity contribution in [2.24, 2.45) is 5.73 Å². The third kappa shape index (κ3) is 7.01. The lowest BCUT2D eigenvalue weighted by molar-refractivity contribution is 0.0173. The number of primary amides is 1. The quantitative estimate of drug-likeness (QED) is 0.245. The molecule has 0 saturated heterocycles. The average Bonchev–Trinajstić information content (AvgIpc) is 3.90. The van der Waals surface area contributed by atoms with E-state index in [9.17, 15) is 13.2 Å². The van der Waals surface area contributed by atoms with Crippen LogP contribution in [0.15, 0.2) is 65.8 Å². The summed E-state index contributed by atoms with van der Waals surface area (Å²) in [6.45, 7) is 0.848. The van der Waals surface area contributed by atoms with Gasteiger partial charge in [0, 0.05) is 48.7 Å². The van der Waals surface area contributed by atoms with E-state index in [1.54, 1.807) is 18.3 Å². The second kappa shape index (κ2) is 12.4. The van der Waals surface area contributed by atoms with Gasteiger partial charge in [-0.05, 0) is 80.0 Å². The summed E-state index contributed by atoms with van der Waals surface area (Å²) in [5.41, 5.74) is 8.13. The van der Waals surface area contributed by atoms with E-state index < -0.39 is 21.7 Å². The molecule has 2 aliphatic rings. The number of pyridine rings is 1. The molecule has 218 valence electrons. The fraction of sp³-hybridized carbons (Fsp3) is 0.400. The molecule has 0 atom stereocenters. The number of nitrogens with two attached hydrogens (primary N) is 1. The number of hydrogen-bond acceptors (Lipinski definition) is 6. The second-order valence-corrected chi connectivity index (χ2v) is 13.0. The Labute approximate surface area is 246 Å². The van der Waals surface area contributed by atoms with Gasteiger partial charge in [-0.15, -0.1) is 0 Å². The molecule has 3 N–H and O–H groups in total. The molecule has 2 amide bonds. The molecule has 2 aliphatic carbocycles. The summed E-state index contributed by atoms with van der Waals surface area (Å²) in [6, 6.07) is 14.1. The number of rotatable bonds is 14. The predicted octanol–water partition coefficient (Wildman–Crippen LogP) is 5.22. The van der Waals surface area contributed by atoms with Crippen LogP contribution in [0.4, 0.5) is 4.79 Å². The Kier molecular flexibility index (Phi) is 8.84. The fourth-order valence-corrected chi connectivity index (χ4v) is 6.20. The highest BCUT2D eigenvalue weighted by atomic mass is 35.5. The van der Waals surface area contributed by atoms with Crippen LogP contribution in [-0.4, -0.2) is 50.0 Å². The summed E-state index contributed by atoms with van der Waals surface area (Å²) >= 11 is 6.51. The lowest BCUT2D eigenvalue weighted by atomic mass is 9.96. The van der Waals surface area contributed by atoms with Crippen molar-refractivity contribution in [3.8, 4) is 16.9 Å². The lowest BCUT2D eigenvalue weighted by Gasteiger charge is -2.22. The SMILES string of the molecule is CN(CCCCNC(N)=O)S(=O)(=O)c1ccc(Cl)c(COC2(c3cnccc3-c3ccccc3OC3CC3)CC2)c1. The van der Waals surface area contributed by atoms with Crippen molar-refractivity contribution < 1.29 is 22.7 Å². The van der Waals surface area contributed by atoms with E-state index in [0.29, 0.717) is 36.5 Å². The maximum absolute atomic E-state index is 13.2. The fourth-order valence-electron chi connectivity index (χ4n) is 4.76. The maximum atomic E-state index is 13.2. The minimum Gasteiger partial charge on any atom is -0.490 e. The van der Waals surface area contributed by atoms with E-state index in [1.165, 1.54) is 17.4 Å². The number of sulfonamides is 1. The topological polar surface area (TPSA) is 124 Å². The van der Waals surface area contributed by atoms with Crippen molar-refractivity contribution in [3.63, 3.8) is 0 Å². The van der Waals surface area contributed by atoms with E-state index in [1.807, 2.05) is 30.5 Å². The van der Waals surface area contributed by atoms with Gasteiger partial charge in [0.15, 0.2) is 0 Å². The molecule has 1 heterocycles. The first kappa shape index (κ1) is 29.3. The summed E-state index contributed by atoms with van der Waals surface area (Å²) in [5, 5.41) is 2.94. The van der Waals surface area contributed by atoms with Crippen LogP contribution in [0, 0.1) is 0 Å². The van der Waals surface area contributed by atoms with Crippen molar-refractivity contribution in [3.05, 3.63) is 77.1 Å². The minimum atomic E-state index is -3.74. The van der Waals surface area contributed by atoms with Crippen LogP contribution in [0.2, 0.25) is 5.02 Å². The number of nitrogens with zero attached hydrogens (tertiary/aromatic N) is 2. The van der Waals surface area contributed by atoms with E-state index in [4.69, 9.17) is 26.8 Å². The molecule has 0 spiro atoms. The summed E-state index contributed by atoms with van der Waals surface area (Å²) in [7, 11) is -2.20. The molecule has 9 nitrogen and oxygen atoms in total. The highest BCUT2D eigenvalue weighted by Gasteiger charge is 2.48. The molecule has 3 aromatic rings. The van der Waals surface area contributed by atoms with Gasteiger partial charge in [0.05, 0.1) is 23.2 Å². The zero-order valence-electron chi connectivity index (χ0n) is 23.0. The largest absolute Gasteiger partial charge is 0.490 e. The van der Waals surface area contributed by atoms with Gasteiger partial charge in [-0.2, -0.15) is 0 Å². The number of benzene rings is 2. The zero-order valence-corrected chi connectivity index (χ0v) is 24.6. The van der Waals surface area contributed by atoms with Crippen LogP contribution in [0.3, 0.4) is 0 Å². The Hall–Kier alpha value is -3.18. The summed E-state index contributed by atoms with van der Waals surface area (Å²) < 4.78 is 40.5. The second-order valence-electron chi connectivity index (χ2n) is 10.6. The molecule has 0 aliphatic heterocycles. The highest BCUT2D eigenvalue weighted by Crippen LogP contribution is 2.53. The number of ether oxygens (including phenoxy) is 2. The zero-order chi connectivity index (χ0) is 29.0. The van der Waals surface area contributed by atoms with Gasteiger partial charge in [-0.1, -0.05) is 29.8 Å². The smallest absolute Gasteiger partial charge is 0.312 e. The average molecular weight is 599 g/mol. The van der Waals surface area contributed by atoms with Gasteiger partial charge in [-0.3, -0.25) is 4.98 Å². The van der Waals surface area contributed by atoms with E-state index >= 15 is 0 Å². The Morgan fingerprint density at radius 1 is 1.15 bits per heavy atom. The lowest BCUT2D eigenvalue weighted by Crippen LogP contribution is -2.31. The first-order valence-electron chi connectivity index (χ1n) is 13.8. The van der Waals surface area contributed by atoms with Crippen molar-refractivity contribution in [1.82, 2.24) is 14.6 Å². The Morgan fingerprint density at radius 2 is 1.93 bits per heavy atom. The third-order valence-corrected chi connectivity index (χ3v) is 9.66. The molecule has 0 unspecified atom stereocenters. The number of nitrogens with one attached hydrogen (secondary N) is 1. The summed E-state index contributed by atoms with van der Waals surface area (Å²) in [4.78, 5) is 15.4. The monoisotopic (exact) mass is 598 g/mol. The number of para-hydroxylation sites is 1. The first-order valence-corrected chi connectivity index (χ1v) is 15.6. The molecule has 41 heavy (non-hydrogen) atoms. The van der Waals surface area contributed by atoms with E-state index in [2.05, 4.69) is 16.4 Å². The van der Waals surface area contributed by atoms with Crippen molar-refractivity contribution >= 4 is 27.7 Å². The van der Waals surface area contributed by atoms with Crippen molar-refractivity contribution in [2.45, 2.75) is 61.7 Å². The summed E-state index contributed by atoms with van der Waals surface area (Å²) in [5.74, 6) is 0.854. The van der Waals surface area contributed by atoms with Crippen LogP contribution in [-0.2, 0) is 27.0 Å². The van der Waals surface area contributed by atoms with Gasteiger partial charge in [0.25, 0.3) is 0 Å². The van der Waals surface area contributed by atoms with Crippen molar-refractivity contribution in [1.29, 1.82) is 0 Å². The molecule has 5 rings (SSSR count). The Morgan fingerprint density at radius 3 is 2.66 bits per heavy atom. The highest BCUT2D eigenvalue weighted by molar-refractivity contribution is 7.89. The predicted molar refractivity (Wildman–Crippen MR) is 157 cm³/mol. The third-order valence-electron chi connectivity index (χ3n) is 7.44. The van der Waals surface area contributed by atoms with Gasteiger partial charge < -0.3 is 20.5 Å². The van der Waals surface area contributed by atoms with Crippen LogP contribution in [0.1, 0.15) is 49.7 Å². The molecular weight excluding hydrogens is 564 g/mol. The Balaban J connectivity index is 1.30. The van der Waals surface area contributed by atoms with Crippen LogP contribution in [0.5, 0.6) is 5.75 Å². The molecule has 2 fully saturated rings.